The summed E-state index contributed by atoms with van der Waals surface area (Å²) in [5.41, 5.74) is 2.70. The molecule has 2 rings (SSSR count). The molecule has 0 spiro atoms. The molecule has 0 amide bonds. The zero-order valence-corrected chi connectivity index (χ0v) is 12.1. The highest BCUT2D eigenvalue weighted by Gasteiger charge is 2.20. The summed E-state index contributed by atoms with van der Waals surface area (Å²) in [5, 5.41) is 9.37. The number of rotatable bonds is 4. The van der Waals surface area contributed by atoms with Crippen molar-refractivity contribution in [1.29, 1.82) is 0 Å². The Hall–Kier alpha value is -1.68. The zero-order valence-electron chi connectivity index (χ0n) is 10.5. The van der Waals surface area contributed by atoms with Gasteiger partial charge < -0.3 is 5.11 Å². The van der Waals surface area contributed by atoms with Crippen molar-refractivity contribution in [3.8, 4) is 0 Å². The van der Waals surface area contributed by atoms with E-state index in [1.165, 1.54) is 0 Å². The molecule has 0 bridgehead atoms. The van der Waals surface area contributed by atoms with Gasteiger partial charge in [0.15, 0.2) is 0 Å². The first-order valence-corrected chi connectivity index (χ1v) is 6.75. The van der Waals surface area contributed by atoms with E-state index in [1.807, 2.05) is 43.3 Å². The predicted molar refractivity (Wildman–Crippen MR) is 77.2 cm³/mol. The molecule has 0 aliphatic heterocycles. The third-order valence-corrected chi connectivity index (χ3v) is 3.45. The van der Waals surface area contributed by atoms with Crippen LogP contribution in [0.4, 0.5) is 0 Å². The van der Waals surface area contributed by atoms with Gasteiger partial charge in [0.25, 0.3) is 0 Å². The highest BCUT2D eigenvalue weighted by molar-refractivity contribution is 9.10. The molecule has 3 nitrogen and oxygen atoms in total. The maximum absolute atomic E-state index is 11.4. The fraction of sp³-hybridized carbons (Fsp3) is 0.200. The average Bonchev–Trinajstić information content (AvgIpc) is 2.39. The third kappa shape index (κ3) is 3.64. The van der Waals surface area contributed by atoms with Crippen LogP contribution in [0.1, 0.15) is 22.7 Å². The van der Waals surface area contributed by atoms with E-state index in [0.29, 0.717) is 6.42 Å². The van der Waals surface area contributed by atoms with E-state index in [4.69, 9.17) is 0 Å². The molecule has 0 aliphatic carbocycles. The molecule has 0 radical (unpaired) electrons. The number of carbonyl (C=O) groups is 1. The van der Waals surface area contributed by atoms with Crippen molar-refractivity contribution in [2.24, 2.45) is 0 Å². The molecule has 1 aromatic carbocycles. The minimum absolute atomic E-state index is 0.395. The Morgan fingerprint density at radius 2 is 1.95 bits per heavy atom. The van der Waals surface area contributed by atoms with E-state index < -0.39 is 11.9 Å². The summed E-state index contributed by atoms with van der Waals surface area (Å²) in [6.07, 6.45) is 2.08. The van der Waals surface area contributed by atoms with Crippen molar-refractivity contribution < 1.29 is 9.90 Å². The van der Waals surface area contributed by atoms with Gasteiger partial charge in [-0.15, -0.1) is 0 Å². The van der Waals surface area contributed by atoms with E-state index in [9.17, 15) is 9.90 Å². The van der Waals surface area contributed by atoms with Gasteiger partial charge in [0, 0.05) is 22.8 Å². The fourth-order valence-corrected chi connectivity index (χ4v) is 2.12. The third-order valence-electron chi connectivity index (χ3n) is 2.98. The molecular formula is C15H14BrNO2. The van der Waals surface area contributed by atoms with Crippen LogP contribution >= 0.6 is 15.9 Å². The van der Waals surface area contributed by atoms with Crippen LogP contribution in [0.15, 0.2) is 47.1 Å². The summed E-state index contributed by atoms with van der Waals surface area (Å²) in [6, 6.07) is 11.3. The maximum atomic E-state index is 11.4. The van der Waals surface area contributed by atoms with Crippen LogP contribution in [0.3, 0.4) is 0 Å². The molecule has 19 heavy (non-hydrogen) atoms. The number of aromatic nitrogens is 1. The molecular weight excluding hydrogens is 306 g/mol. The van der Waals surface area contributed by atoms with Gasteiger partial charge in [-0.1, -0.05) is 29.8 Å². The maximum Gasteiger partial charge on any atom is 0.311 e. The van der Waals surface area contributed by atoms with Crippen LogP contribution in [-0.2, 0) is 11.2 Å². The van der Waals surface area contributed by atoms with E-state index >= 15 is 0 Å². The number of aliphatic carboxylic acids is 1. The number of carboxylic acids is 1. The second-order valence-corrected chi connectivity index (χ2v) is 5.39. The number of pyridine rings is 1. The molecule has 0 saturated carbocycles. The van der Waals surface area contributed by atoms with Crippen LogP contribution in [0.2, 0.25) is 0 Å². The number of aryl methyl sites for hydroxylation is 1. The van der Waals surface area contributed by atoms with Crippen LogP contribution < -0.4 is 0 Å². The molecule has 1 atom stereocenters. The Bertz CT molecular complexity index is 564. The Kier molecular flexibility index (Phi) is 4.32. The van der Waals surface area contributed by atoms with Crippen molar-refractivity contribution in [3.05, 3.63) is 63.9 Å². The topological polar surface area (TPSA) is 50.2 Å². The Morgan fingerprint density at radius 1 is 1.26 bits per heavy atom. The van der Waals surface area contributed by atoms with Gasteiger partial charge in [-0.05, 0) is 40.5 Å². The number of nitrogens with zero attached hydrogens (tertiary/aromatic N) is 1. The first kappa shape index (κ1) is 13.7. The number of carboxylic acid groups (broad SMARTS) is 1. The van der Waals surface area contributed by atoms with Crippen LogP contribution in [0.25, 0.3) is 0 Å². The van der Waals surface area contributed by atoms with Crippen LogP contribution in [0, 0.1) is 6.92 Å². The molecule has 0 saturated heterocycles. The monoisotopic (exact) mass is 319 g/mol. The van der Waals surface area contributed by atoms with Gasteiger partial charge in [-0.2, -0.15) is 0 Å². The SMILES string of the molecule is Cc1ccc(C(Cc2ccc(Br)cn2)C(=O)O)cc1. The molecule has 2 aromatic rings. The Labute approximate surface area is 120 Å². The van der Waals surface area contributed by atoms with Crippen molar-refractivity contribution in [1.82, 2.24) is 4.98 Å². The zero-order chi connectivity index (χ0) is 13.8. The molecule has 98 valence electrons. The minimum atomic E-state index is -0.825. The van der Waals surface area contributed by atoms with Gasteiger partial charge in [0.1, 0.15) is 0 Å². The van der Waals surface area contributed by atoms with Crippen LogP contribution in [0.5, 0.6) is 0 Å². The second kappa shape index (κ2) is 5.97. The Balaban J connectivity index is 2.23. The van der Waals surface area contributed by atoms with Gasteiger partial charge in [-0.25, -0.2) is 0 Å². The highest BCUT2D eigenvalue weighted by Crippen LogP contribution is 2.21. The molecule has 0 aliphatic rings. The standard InChI is InChI=1S/C15H14BrNO2/c1-10-2-4-11(5-3-10)14(15(18)19)8-13-7-6-12(16)9-17-13/h2-7,9,14H,8H2,1H3,(H,18,19). The van der Waals surface area contributed by atoms with E-state index in [1.54, 1.807) is 6.20 Å². The molecule has 0 fully saturated rings. The van der Waals surface area contributed by atoms with Crippen LogP contribution in [-0.4, -0.2) is 16.1 Å². The molecule has 1 aromatic heterocycles. The largest absolute Gasteiger partial charge is 0.481 e. The summed E-state index contributed by atoms with van der Waals surface area (Å²) in [7, 11) is 0. The summed E-state index contributed by atoms with van der Waals surface area (Å²) in [5.74, 6) is -1.39. The van der Waals surface area contributed by atoms with Crippen molar-refractivity contribution in [3.63, 3.8) is 0 Å². The van der Waals surface area contributed by atoms with Crippen molar-refractivity contribution in [2.45, 2.75) is 19.3 Å². The van der Waals surface area contributed by atoms with Crippen molar-refractivity contribution >= 4 is 21.9 Å². The van der Waals surface area contributed by atoms with Crippen molar-refractivity contribution in [2.75, 3.05) is 0 Å². The molecule has 4 heteroatoms. The lowest BCUT2D eigenvalue weighted by molar-refractivity contribution is -0.138. The van der Waals surface area contributed by atoms with E-state index in [-0.39, 0.29) is 0 Å². The minimum Gasteiger partial charge on any atom is -0.481 e. The lowest BCUT2D eigenvalue weighted by Crippen LogP contribution is -2.15. The van der Waals surface area contributed by atoms with Gasteiger partial charge in [-0.3, -0.25) is 9.78 Å². The summed E-state index contributed by atoms with van der Waals surface area (Å²) < 4.78 is 0.887. The van der Waals surface area contributed by atoms with Gasteiger partial charge in [0.2, 0.25) is 0 Å². The average molecular weight is 320 g/mol. The van der Waals surface area contributed by atoms with E-state index in [2.05, 4.69) is 20.9 Å². The molecule has 1 heterocycles. The number of hydrogen-bond acceptors (Lipinski definition) is 2. The summed E-state index contributed by atoms with van der Waals surface area (Å²) in [6.45, 7) is 1.98. The van der Waals surface area contributed by atoms with Gasteiger partial charge >= 0.3 is 5.97 Å². The first-order valence-electron chi connectivity index (χ1n) is 5.96. The fourth-order valence-electron chi connectivity index (χ4n) is 1.88. The highest BCUT2D eigenvalue weighted by atomic mass is 79.9. The smallest absolute Gasteiger partial charge is 0.311 e. The predicted octanol–water partition coefficient (Wildman–Crippen LogP) is 3.56. The lowest BCUT2D eigenvalue weighted by Gasteiger charge is -2.12. The number of benzene rings is 1. The number of halogens is 1. The Morgan fingerprint density at radius 3 is 2.47 bits per heavy atom. The van der Waals surface area contributed by atoms with E-state index in [0.717, 1.165) is 21.3 Å². The second-order valence-electron chi connectivity index (χ2n) is 4.47. The first-order chi connectivity index (χ1) is 9.06. The number of hydrogen-bond donors (Lipinski definition) is 1. The summed E-state index contributed by atoms with van der Waals surface area (Å²) in [4.78, 5) is 15.7. The normalized spacial score (nSPS) is 12.1. The molecule has 1 unspecified atom stereocenters. The lowest BCUT2D eigenvalue weighted by atomic mass is 9.93. The molecule has 1 N–H and O–H groups in total. The van der Waals surface area contributed by atoms with Gasteiger partial charge in [0.05, 0.1) is 5.92 Å². The quantitative estimate of drug-likeness (QED) is 0.937. The summed E-state index contributed by atoms with van der Waals surface area (Å²) >= 11 is 3.31.